The van der Waals surface area contributed by atoms with Gasteiger partial charge in [0.25, 0.3) is 11.8 Å². The minimum atomic E-state index is -0.152. The maximum Gasteiger partial charge on any atom is 0.280 e. The lowest BCUT2D eigenvalue weighted by Gasteiger charge is -2.22. The van der Waals surface area contributed by atoms with Crippen LogP contribution in [0.4, 0.5) is 0 Å². The zero-order valence-corrected chi connectivity index (χ0v) is 20.9. The molecule has 2 aromatic carbocycles. The third-order valence-electron chi connectivity index (χ3n) is 6.46. The highest BCUT2D eigenvalue weighted by atomic mass is 32.1. The van der Waals surface area contributed by atoms with Crippen molar-refractivity contribution in [3.8, 4) is 11.3 Å². The second-order valence-electron chi connectivity index (χ2n) is 8.90. The zero-order valence-electron chi connectivity index (χ0n) is 20.1. The number of hydrogen-bond donors (Lipinski definition) is 2. The number of benzene rings is 2. The molecule has 0 bridgehead atoms. The van der Waals surface area contributed by atoms with Crippen LogP contribution in [0.25, 0.3) is 22.0 Å². The number of carbonyl (C=O) groups is 2. The summed E-state index contributed by atoms with van der Waals surface area (Å²) < 4.78 is 5.36. The van der Waals surface area contributed by atoms with Gasteiger partial charge in [0.2, 0.25) is 0 Å². The predicted molar refractivity (Wildman–Crippen MR) is 141 cm³/mol. The lowest BCUT2D eigenvalue weighted by atomic mass is 10.00. The molecule has 0 radical (unpaired) electrons. The number of fused-ring (bicyclic) bond motifs is 1. The fourth-order valence-corrected chi connectivity index (χ4v) is 5.13. The Balaban J connectivity index is 1.29. The first kappa shape index (κ1) is 24.1. The second kappa shape index (κ2) is 11.0. The molecule has 36 heavy (non-hydrogen) atoms. The summed E-state index contributed by atoms with van der Waals surface area (Å²) in [6, 6.07) is 15.5. The van der Waals surface area contributed by atoms with Crippen molar-refractivity contribution in [3.63, 3.8) is 0 Å². The number of nitrogens with one attached hydrogen (secondary N) is 2. The molecular weight excluding hydrogens is 472 g/mol. The van der Waals surface area contributed by atoms with Gasteiger partial charge in [0.1, 0.15) is 0 Å². The van der Waals surface area contributed by atoms with E-state index in [1.807, 2.05) is 60.8 Å². The van der Waals surface area contributed by atoms with Crippen molar-refractivity contribution in [1.29, 1.82) is 0 Å². The summed E-state index contributed by atoms with van der Waals surface area (Å²) in [5.74, 6) is -0.258. The Morgan fingerprint density at radius 1 is 1.08 bits per heavy atom. The number of amides is 2. The summed E-state index contributed by atoms with van der Waals surface area (Å²) in [7, 11) is 0. The maximum atomic E-state index is 13.0. The maximum absolute atomic E-state index is 13.0. The third-order valence-corrected chi connectivity index (χ3v) is 7.30. The minimum absolute atomic E-state index is 0.119. The van der Waals surface area contributed by atoms with Crippen molar-refractivity contribution in [2.45, 2.75) is 38.3 Å². The van der Waals surface area contributed by atoms with Gasteiger partial charge in [-0.25, -0.2) is 4.98 Å². The number of hydrogen-bond acceptors (Lipinski definition) is 6. The number of thiazole rings is 1. The van der Waals surface area contributed by atoms with Gasteiger partial charge in [0.15, 0.2) is 5.01 Å². The monoisotopic (exact) mass is 500 g/mol. The van der Waals surface area contributed by atoms with E-state index in [1.54, 1.807) is 12.4 Å². The Bertz CT molecular complexity index is 1380. The fourth-order valence-electron chi connectivity index (χ4n) is 4.40. The number of carbonyl (C=O) groups excluding carboxylic acids is 2. The Morgan fingerprint density at radius 2 is 1.94 bits per heavy atom. The molecule has 1 fully saturated rings. The Kier molecular flexibility index (Phi) is 7.34. The first-order valence-corrected chi connectivity index (χ1v) is 13.1. The van der Waals surface area contributed by atoms with Gasteiger partial charge in [-0.2, -0.15) is 0 Å². The second-order valence-corrected chi connectivity index (χ2v) is 9.75. The molecule has 1 atom stereocenters. The van der Waals surface area contributed by atoms with Crippen molar-refractivity contribution >= 4 is 33.9 Å². The van der Waals surface area contributed by atoms with Crippen molar-refractivity contribution in [3.05, 3.63) is 82.4 Å². The molecule has 0 saturated carbocycles. The van der Waals surface area contributed by atoms with Crippen LogP contribution >= 0.6 is 11.3 Å². The number of rotatable bonds is 7. The van der Waals surface area contributed by atoms with Gasteiger partial charge in [-0.3, -0.25) is 14.6 Å². The number of pyridine rings is 1. The van der Waals surface area contributed by atoms with E-state index in [0.29, 0.717) is 23.8 Å². The summed E-state index contributed by atoms with van der Waals surface area (Å²) in [6.07, 6.45) is 5.90. The van der Waals surface area contributed by atoms with Crippen LogP contribution in [0.2, 0.25) is 0 Å². The first-order chi connectivity index (χ1) is 17.6. The number of ether oxygens (including phenoxy) is 1. The third kappa shape index (κ3) is 5.45. The van der Waals surface area contributed by atoms with Crippen LogP contribution in [0.1, 0.15) is 58.0 Å². The van der Waals surface area contributed by atoms with Gasteiger partial charge in [0, 0.05) is 53.5 Å². The molecule has 4 aromatic rings. The molecule has 1 aliphatic heterocycles. The van der Waals surface area contributed by atoms with Gasteiger partial charge in [-0.05, 0) is 54.5 Å². The van der Waals surface area contributed by atoms with E-state index in [-0.39, 0.29) is 23.9 Å². The van der Waals surface area contributed by atoms with Gasteiger partial charge in [-0.1, -0.05) is 31.2 Å². The molecular formula is C28H28N4O3S. The van der Waals surface area contributed by atoms with Crippen molar-refractivity contribution in [1.82, 2.24) is 20.6 Å². The van der Waals surface area contributed by atoms with Crippen LogP contribution < -0.4 is 10.6 Å². The molecule has 1 saturated heterocycles. The number of aromatic nitrogens is 2. The average Bonchev–Trinajstić information content (AvgIpc) is 3.43. The molecule has 184 valence electrons. The molecule has 7 nitrogen and oxygen atoms in total. The molecule has 3 heterocycles. The predicted octanol–water partition coefficient (Wildman–Crippen LogP) is 5.15. The van der Waals surface area contributed by atoms with E-state index in [2.05, 4.69) is 20.6 Å². The van der Waals surface area contributed by atoms with Gasteiger partial charge >= 0.3 is 0 Å². The molecule has 1 unspecified atom stereocenters. The molecule has 1 aliphatic rings. The summed E-state index contributed by atoms with van der Waals surface area (Å²) in [5.41, 5.74) is 3.28. The summed E-state index contributed by atoms with van der Waals surface area (Å²) in [4.78, 5) is 34.4. The van der Waals surface area contributed by atoms with Crippen molar-refractivity contribution < 1.29 is 14.3 Å². The van der Waals surface area contributed by atoms with Crippen LogP contribution in [-0.4, -0.2) is 41.0 Å². The number of nitrogens with zero attached hydrogens (tertiary/aromatic N) is 2. The topological polar surface area (TPSA) is 93.2 Å². The summed E-state index contributed by atoms with van der Waals surface area (Å²) in [5, 5.41) is 10.6. The first-order valence-electron chi connectivity index (χ1n) is 12.2. The Hall–Kier alpha value is -3.62. The van der Waals surface area contributed by atoms with Gasteiger partial charge in [0.05, 0.1) is 11.7 Å². The summed E-state index contributed by atoms with van der Waals surface area (Å²) >= 11 is 1.34. The zero-order chi connectivity index (χ0) is 24.9. The largest absolute Gasteiger partial charge is 0.381 e. The SMILES string of the molecule is CCC(NC(=O)c1ccc2cnccc2c1)c1cccc(-c2csc(C(=O)NC3CCOCC3)n2)c1. The highest BCUT2D eigenvalue weighted by molar-refractivity contribution is 7.12. The Morgan fingerprint density at radius 3 is 2.78 bits per heavy atom. The molecule has 2 aromatic heterocycles. The Labute approximate surface area is 213 Å². The van der Waals surface area contributed by atoms with E-state index in [4.69, 9.17) is 4.74 Å². The fraction of sp³-hybridized carbons (Fsp3) is 0.286. The van der Waals surface area contributed by atoms with Crippen molar-refractivity contribution in [2.75, 3.05) is 13.2 Å². The molecule has 5 rings (SSSR count). The van der Waals surface area contributed by atoms with E-state index >= 15 is 0 Å². The molecule has 2 N–H and O–H groups in total. The smallest absolute Gasteiger partial charge is 0.280 e. The highest BCUT2D eigenvalue weighted by Crippen LogP contribution is 2.27. The molecule has 8 heteroatoms. The minimum Gasteiger partial charge on any atom is -0.381 e. The molecule has 0 spiro atoms. The average molecular weight is 501 g/mol. The van der Waals surface area contributed by atoms with Crippen molar-refractivity contribution in [2.24, 2.45) is 0 Å². The lowest BCUT2D eigenvalue weighted by molar-refractivity contribution is 0.0696. The molecule has 2 amide bonds. The van der Waals surface area contributed by atoms with Crippen LogP contribution in [0.15, 0.2) is 66.3 Å². The highest BCUT2D eigenvalue weighted by Gasteiger charge is 2.20. The molecule has 0 aliphatic carbocycles. The van der Waals surface area contributed by atoms with Crippen LogP contribution in [0.3, 0.4) is 0 Å². The standard InChI is InChI=1S/C28H28N4O3S/c1-2-24(31-26(33)21-6-7-22-16-29-11-8-18(22)14-21)19-4-3-5-20(15-19)25-17-36-28(32-25)27(34)30-23-9-12-35-13-10-23/h3-8,11,14-17,23-24H,2,9-10,12-13H2,1H3,(H,30,34)(H,31,33). The lowest BCUT2D eigenvalue weighted by Crippen LogP contribution is -2.38. The van der Waals surface area contributed by atoms with E-state index < -0.39 is 0 Å². The van der Waals surface area contributed by atoms with E-state index in [1.165, 1.54) is 11.3 Å². The quantitative estimate of drug-likeness (QED) is 0.366. The van der Waals surface area contributed by atoms with Gasteiger partial charge < -0.3 is 15.4 Å². The van der Waals surface area contributed by atoms with E-state index in [9.17, 15) is 9.59 Å². The normalized spacial score (nSPS) is 14.9. The summed E-state index contributed by atoms with van der Waals surface area (Å²) in [6.45, 7) is 3.40. The van der Waals surface area contributed by atoms with Crippen LogP contribution in [0, 0.1) is 0 Å². The van der Waals surface area contributed by atoms with Crippen LogP contribution in [-0.2, 0) is 4.74 Å². The van der Waals surface area contributed by atoms with Gasteiger partial charge in [-0.15, -0.1) is 11.3 Å². The van der Waals surface area contributed by atoms with Crippen LogP contribution in [0.5, 0.6) is 0 Å². The van der Waals surface area contributed by atoms with E-state index in [0.717, 1.165) is 46.9 Å².